The van der Waals surface area contributed by atoms with E-state index in [0.29, 0.717) is 22.9 Å². The molecule has 0 saturated heterocycles. The number of rotatable bonds is 9. The summed E-state index contributed by atoms with van der Waals surface area (Å²) in [6.45, 7) is 0.0760. The quantitative estimate of drug-likeness (QED) is 0.305. The van der Waals surface area contributed by atoms with Crippen LogP contribution < -0.4 is 10.6 Å². The summed E-state index contributed by atoms with van der Waals surface area (Å²) in [4.78, 5) is 25.7. The maximum Gasteiger partial charge on any atom is 0.307 e. The number of para-hydroxylation sites is 1. The first-order valence-electron chi connectivity index (χ1n) is 10.4. The Labute approximate surface area is 202 Å². The number of aliphatic hydroxyl groups excluding tert-OH is 1. The van der Waals surface area contributed by atoms with Crippen LogP contribution in [0.25, 0.3) is 17.0 Å². The molecule has 180 valence electrons. The zero-order chi connectivity index (χ0) is 24.9. The summed E-state index contributed by atoms with van der Waals surface area (Å²) in [6.07, 6.45) is 3.13. The molecule has 2 aromatic carbocycles. The molecule has 2 amide bonds. The van der Waals surface area contributed by atoms with Gasteiger partial charge in [0, 0.05) is 44.4 Å². The van der Waals surface area contributed by atoms with E-state index in [-0.39, 0.29) is 29.4 Å². The standard InChI is InChI=1S/C23H25ClN4O5S/c1-27(2)34(32,33)28-15-16(17-8-4-6-11-21(17)28)14-20(23(31)25-12-7-13-29)26-22(30)18-9-3-5-10-19(18)24/h3-6,8-11,14-15,29H,7,12-13H2,1-2H3,(H,25,31)(H,26,30). The monoisotopic (exact) mass is 504 g/mol. The van der Waals surface area contributed by atoms with Gasteiger partial charge in [0.15, 0.2) is 0 Å². The number of hydrogen-bond acceptors (Lipinski definition) is 5. The van der Waals surface area contributed by atoms with Crippen LogP contribution in [0.1, 0.15) is 22.3 Å². The predicted molar refractivity (Wildman–Crippen MR) is 132 cm³/mol. The number of nitrogens with one attached hydrogen (secondary N) is 2. The zero-order valence-electron chi connectivity index (χ0n) is 18.7. The maximum atomic E-state index is 12.9. The van der Waals surface area contributed by atoms with Gasteiger partial charge in [0.2, 0.25) is 0 Å². The van der Waals surface area contributed by atoms with Crippen molar-refractivity contribution < 1.29 is 23.1 Å². The van der Waals surface area contributed by atoms with E-state index in [4.69, 9.17) is 16.7 Å². The zero-order valence-corrected chi connectivity index (χ0v) is 20.2. The lowest BCUT2D eigenvalue weighted by molar-refractivity contribution is -0.117. The minimum atomic E-state index is -3.84. The fourth-order valence-corrected chi connectivity index (χ4v) is 4.41. The Balaban J connectivity index is 2.10. The first-order valence-corrected chi connectivity index (χ1v) is 12.1. The van der Waals surface area contributed by atoms with Gasteiger partial charge in [0.1, 0.15) is 5.70 Å². The molecule has 9 nitrogen and oxygen atoms in total. The number of aromatic nitrogens is 1. The van der Waals surface area contributed by atoms with Crippen molar-refractivity contribution in [2.24, 2.45) is 0 Å². The Kier molecular flexibility index (Phi) is 8.11. The molecule has 0 atom stereocenters. The first kappa shape index (κ1) is 25.4. The van der Waals surface area contributed by atoms with Crippen LogP contribution in [0.4, 0.5) is 0 Å². The van der Waals surface area contributed by atoms with Crippen molar-refractivity contribution in [1.82, 2.24) is 18.9 Å². The third-order valence-corrected chi connectivity index (χ3v) is 7.00. The molecule has 1 aromatic heterocycles. The highest BCUT2D eigenvalue weighted by Crippen LogP contribution is 2.26. The maximum absolute atomic E-state index is 12.9. The summed E-state index contributed by atoms with van der Waals surface area (Å²) in [7, 11) is -1.00. The number of carbonyl (C=O) groups excluding carboxylic acids is 2. The number of amides is 2. The van der Waals surface area contributed by atoms with Crippen LogP contribution in [0.5, 0.6) is 0 Å². The van der Waals surface area contributed by atoms with Crippen LogP contribution >= 0.6 is 11.6 Å². The van der Waals surface area contributed by atoms with Crippen molar-refractivity contribution in [2.75, 3.05) is 27.2 Å². The van der Waals surface area contributed by atoms with Gasteiger partial charge in [-0.1, -0.05) is 41.9 Å². The second kappa shape index (κ2) is 10.8. The lowest BCUT2D eigenvalue weighted by Gasteiger charge is -2.13. The molecule has 34 heavy (non-hydrogen) atoms. The van der Waals surface area contributed by atoms with Gasteiger partial charge in [-0.3, -0.25) is 9.59 Å². The minimum absolute atomic E-state index is 0.104. The molecule has 0 aliphatic rings. The third-order valence-electron chi connectivity index (χ3n) is 4.95. The Bertz CT molecular complexity index is 1350. The lowest BCUT2D eigenvalue weighted by Crippen LogP contribution is -2.35. The smallest absolute Gasteiger partial charge is 0.307 e. The highest BCUT2D eigenvalue weighted by atomic mass is 35.5. The summed E-state index contributed by atoms with van der Waals surface area (Å²) >= 11 is 6.12. The second-order valence-corrected chi connectivity index (χ2v) is 9.94. The van der Waals surface area contributed by atoms with Crippen molar-refractivity contribution in [2.45, 2.75) is 6.42 Å². The van der Waals surface area contributed by atoms with Crippen LogP contribution in [0.15, 0.2) is 60.4 Å². The van der Waals surface area contributed by atoms with E-state index in [1.54, 1.807) is 42.5 Å². The van der Waals surface area contributed by atoms with Gasteiger partial charge in [-0.05, 0) is 30.7 Å². The lowest BCUT2D eigenvalue weighted by atomic mass is 10.1. The number of aliphatic hydroxyl groups is 1. The van der Waals surface area contributed by atoms with Gasteiger partial charge < -0.3 is 15.7 Å². The fourth-order valence-electron chi connectivity index (χ4n) is 3.18. The Morgan fingerprint density at radius 3 is 2.47 bits per heavy atom. The summed E-state index contributed by atoms with van der Waals surface area (Å²) in [5.41, 5.74) is 0.900. The number of hydrogen-bond donors (Lipinski definition) is 3. The number of benzene rings is 2. The predicted octanol–water partition coefficient (Wildman–Crippen LogP) is 2.22. The van der Waals surface area contributed by atoms with Crippen LogP contribution in [0.2, 0.25) is 5.02 Å². The van der Waals surface area contributed by atoms with Crippen molar-refractivity contribution in [3.8, 4) is 0 Å². The Morgan fingerprint density at radius 2 is 1.79 bits per heavy atom. The molecule has 0 spiro atoms. The molecule has 0 saturated carbocycles. The largest absolute Gasteiger partial charge is 0.396 e. The number of nitrogens with zero attached hydrogens (tertiary/aromatic N) is 2. The molecule has 0 aliphatic heterocycles. The molecule has 3 N–H and O–H groups in total. The molecule has 1 heterocycles. The number of fused-ring (bicyclic) bond motifs is 1. The number of carbonyl (C=O) groups is 2. The molecular weight excluding hydrogens is 480 g/mol. The topological polar surface area (TPSA) is 121 Å². The highest BCUT2D eigenvalue weighted by molar-refractivity contribution is 7.87. The SMILES string of the molecule is CN(C)S(=O)(=O)n1cc(C=C(NC(=O)c2ccccc2Cl)C(=O)NCCCO)c2ccccc21. The van der Waals surface area contributed by atoms with E-state index in [9.17, 15) is 18.0 Å². The van der Waals surface area contributed by atoms with E-state index >= 15 is 0 Å². The molecule has 11 heteroatoms. The van der Waals surface area contributed by atoms with Gasteiger partial charge in [0.25, 0.3) is 11.8 Å². The summed E-state index contributed by atoms with van der Waals surface area (Å²) in [5, 5.41) is 15.0. The fraction of sp³-hybridized carbons (Fsp3) is 0.217. The van der Waals surface area contributed by atoms with Crippen molar-refractivity contribution in [3.05, 3.63) is 76.6 Å². The first-order chi connectivity index (χ1) is 16.2. The highest BCUT2D eigenvalue weighted by Gasteiger charge is 2.22. The summed E-state index contributed by atoms with van der Waals surface area (Å²) < 4.78 is 27.9. The minimum Gasteiger partial charge on any atom is -0.396 e. The normalized spacial score (nSPS) is 12.2. The van der Waals surface area contributed by atoms with Crippen LogP contribution in [-0.4, -0.2) is 60.9 Å². The van der Waals surface area contributed by atoms with Gasteiger partial charge in [-0.25, -0.2) is 3.97 Å². The molecule has 0 unspecified atom stereocenters. The van der Waals surface area contributed by atoms with E-state index < -0.39 is 22.0 Å². The third kappa shape index (κ3) is 5.48. The summed E-state index contributed by atoms with van der Waals surface area (Å²) in [5.74, 6) is -1.19. The molecule has 0 radical (unpaired) electrons. The van der Waals surface area contributed by atoms with E-state index in [1.165, 1.54) is 32.4 Å². The average Bonchev–Trinajstić information content (AvgIpc) is 3.18. The molecule has 0 bridgehead atoms. The van der Waals surface area contributed by atoms with Gasteiger partial charge in [-0.15, -0.1) is 0 Å². The second-order valence-electron chi connectivity index (χ2n) is 7.51. The van der Waals surface area contributed by atoms with Crippen molar-refractivity contribution in [3.63, 3.8) is 0 Å². The van der Waals surface area contributed by atoms with Crippen molar-refractivity contribution >= 4 is 50.6 Å². The molecular formula is C23H25ClN4O5S. The van der Waals surface area contributed by atoms with E-state index in [1.807, 2.05) is 0 Å². The molecule has 3 rings (SSSR count). The van der Waals surface area contributed by atoms with E-state index in [2.05, 4.69) is 10.6 Å². The molecule has 3 aromatic rings. The van der Waals surface area contributed by atoms with Gasteiger partial charge in [0.05, 0.1) is 16.1 Å². The van der Waals surface area contributed by atoms with Crippen LogP contribution in [-0.2, 0) is 15.0 Å². The average molecular weight is 505 g/mol. The van der Waals surface area contributed by atoms with Gasteiger partial charge >= 0.3 is 10.2 Å². The van der Waals surface area contributed by atoms with Crippen LogP contribution in [0, 0.1) is 0 Å². The number of halogens is 1. The van der Waals surface area contributed by atoms with Crippen molar-refractivity contribution in [1.29, 1.82) is 0 Å². The van der Waals surface area contributed by atoms with Crippen LogP contribution in [0.3, 0.4) is 0 Å². The Morgan fingerprint density at radius 1 is 1.12 bits per heavy atom. The van der Waals surface area contributed by atoms with Gasteiger partial charge in [-0.2, -0.15) is 12.7 Å². The molecule has 0 fully saturated rings. The van der Waals surface area contributed by atoms with E-state index in [0.717, 1.165) is 8.28 Å². The Hall–Kier alpha value is -3.18. The summed E-state index contributed by atoms with van der Waals surface area (Å²) in [6, 6.07) is 13.2. The molecule has 0 aliphatic carbocycles.